The third-order valence-corrected chi connectivity index (χ3v) is 8.45. The maximum Gasteiger partial charge on any atom is 0.266 e. The number of carbonyl (C=O) groups is 5. The molecule has 5 amide bonds. The van der Waals surface area contributed by atoms with Crippen molar-refractivity contribution in [2.24, 2.45) is 16.0 Å². The molecule has 0 fully saturated rings. The highest BCUT2D eigenvalue weighted by molar-refractivity contribution is 7.89. The van der Waals surface area contributed by atoms with Crippen LogP contribution < -0.4 is 32.1 Å². The van der Waals surface area contributed by atoms with E-state index in [1.54, 1.807) is 6.92 Å². The maximum absolute atomic E-state index is 13.3. The largest absolute Gasteiger partial charge is 0.508 e. The Hall–Kier alpha value is -6.05. The third kappa shape index (κ3) is 12.7. The Balaban J connectivity index is 1.68. The standard InChI is InChI=1S/C33H39N7O11S/c1-19(22-6-10-24(43)11-7-22)30(33(48)39-27(17-41)31(34)46)40-28(44)15-36-32(47)26(14-20-2-8-23(42)9-3-20)38-29(45)16-37-51-18-21-4-12-25(13-5-21)52(35,49)50/h2-13,16,19,26-27,30,41-43H,14-15,17-18H2,1H3,(H2,34,46)(H,36,47)(H,38,45)(H,39,48)(H,40,44)(H2,35,49,50)/b37-16+/t19?,26-,27-,30-/m0/s1. The van der Waals surface area contributed by atoms with Crippen LogP contribution in [0.25, 0.3) is 0 Å². The monoisotopic (exact) mass is 741 g/mol. The molecular formula is C33H39N7O11S. The van der Waals surface area contributed by atoms with Gasteiger partial charge in [-0.05, 0) is 53.1 Å². The number of primary sulfonamides is 1. The number of aliphatic hydroxyl groups is 1. The Morgan fingerprint density at radius 2 is 1.40 bits per heavy atom. The van der Waals surface area contributed by atoms with E-state index in [4.69, 9.17) is 15.7 Å². The van der Waals surface area contributed by atoms with Crippen molar-refractivity contribution in [2.45, 2.75) is 48.9 Å². The number of benzene rings is 3. The van der Waals surface area contributed by atoms with Crippen LogP contribution in [-0.4, -0.2) is 90.8 Å². The number of phenolic OH excluding ortho intramolecular Hbond substituents is 2. The number of aliphatic hydroxyl groups excluding tert-OH is 1. The zero-order valence-electron chi connectivity index (χ0n) is 27.8. The summed E-state index contributed by atoms with van der Waals surface area (Å²) in [5.41, 5.74) is 6.80. The summed E-state index contributed by atoms with van der Waals surface area (Å²) in [5, 5.41) is 47.0. The van der Waals surface area contributed by atoms with E-state index >= 15 is 0 Å². The number of primary amides is 1. The van der Waals surface area contributed by atoms with Gasteiger partial charge in [0, 0.05) is 12.3 Å². The molecule has 278 valence electrons. The summed E-state index contributed by atoms with van der Waals surface area (Å²) in [6.45, 7) is 0.00223. The number of carbonyl (C=O) groups excluding carboxylic acids is 5. The summed E-state index contributed by atoms with van der Waals surface area (Å²) in [6.07, 6.45) is 0.686. The van der Waals surface area contributed by atoms with E-state index in [9.17, 15) is 47.7 Å². The van der Waals surface area contributed by atoms with E-state index in [0.29, 0.717) is 16.7 Å². The van der Waals surface area contributed by atoms with Crippen LogP contribution in [0.15, 0.2) is 82.8 Å². The minimum Gasteiger partial charge on any atom is -0.508 e. The molecule has 3 rings (SSSR count). The summed E-state index contributed by atoms with van der Waals surface area (Å²) < 4.78 is 22.8. The molecule has 1 unspecified atom stereocenters. The van der Waals surface area contributed by atoms with Crippen molar-refractivity contribution in [3.05, 3.63) is 89.5 Å². The predicted octanol–water partition coefficient (Wildman–Crippen LogP) is -1.66. The molecule has 18 nitrogen and oxygen atoms in total. The fourth-order valence-corrected chi connectivity index (χ4v) is 5.14. The van der Waals surface area contributed by atoms with Crippen molar-refractivity contribution in [2.75, 3.05) is 13.2 Å². The van der Waals surface area contributed by atoms with Crippen molar-refractivity contribution in [1.29, 1.82) is 0 Å². The van der Waals surface area contributed by atoms with Crippen LogP contribution in [0, 0.1) is 0 Å². The number of sulfonamides is 1. The van der Waals surface area contributed by atoms with Crippen LogP contribution in [0.5, 0.6) is 11.5 Å². The van der Waals surface area contributed by atoms with Crippen molar-refractivity contribution in [1.82, 2.24) is 21.3 Å². The van der Waals surface area contributed by atoms with Gasteiger partial charge in [-0.1, -0.05) is 48.5 Å². The lowest BCUT2D eigenvalue weighted by Crippen LogP contribution is -2.57. The van der Waals surface area contributed by atoms with Gasteiger partial charge in [0.05, 0.1) is 18.0 Å². The van der Waals surface area contributed by atoms with Crippen molar-refractivity contribution < 1.29 is 52.5 Å². The Labute approximate surface area is 298 Å². The second kappa shape index (κ2) is 18.8. The fraction of sp³-hybridized carbons (Fsp3) is 0.273. The molecule has 3 aromatic rings. The first-order chi connectivity index (χ1) is 24.6. The van der Waals surface area contributed by atoms with Gasteiger partial charge in [-0.2, -0.15) is 0 Å². The van der Waals surface area contributed by atoms with E-state index < -0.39 is 76.8 Å². The third-order valence-electron chi connectivity index (χ3n) is 7.52. The normalized spacial score (nSPS) is 13.6. The minimum atomic E-state index is -3.88. The van der Waals surface area contributed by atoms with Gasteiger partial charge in [-0.3, -0.25) is 24.0 Å². The van der Waals surface area contributed by atoms with E-state index in [0.717, 1.165) is 6.21 Å². The van der Waals surface area contributed by atoms with E-state index in [2.05, 4.69) is 26.4 Å². The number of oxime groups is 1. The van der Waals surface area contributed by atoms with Gasteiger partial charge in [0.15, 0.2) is 0 Å². The molecule has 19 heteroatoms. The molecule has 0 saturated carbocycles. The lowest BCUT2D eigenvalue weighted by molar-refractivity contribution is -0.133. The summed E-state index contributed by atoms with van der Waals surface area (Å²) in [6, 6.07) is 13.0. The average molecular weight is 742 g/mol. The number of phenols is 2. The number of nitrogens with two attached hydrogens (primary N) is 2. The minimum absolute atomic E-state index is 0.0321. The van der Waals surface area contributed by atoms with Crippen LogP contribution in [-0.2, 0) is 51.9 Å². The molecule has 0 aliphatic carbocycles. The van der Waals surface area contributed by atoms with Crippen LogP contribution in [0.4, 0.5) is 0 Å². The van der Waals surface area contributed by atoms with Gasteiger partial charge in [0.25, 0.3) is 5.91 Å². The lowest BCUT2D eigenvalue weighted by atomic mass is 9.92. The van der Waals surface area contributed by atoms with E-state index in [-0.39, 0.29) is 29.4 Å². The Morgan fingerprint density at radius 1 is 0.827 bits per heavy atom. The van der Waals surface area contributed by atoms with Gasteiger partial charge in [0.1, 0.15) is 42.4 Å². The molecule has 3 aromatic carbocycles. The molecule has 52 heavy (non-hydrogen) atoms. The molecule has 0 bridgehead atoms. The Kier molecular flexibility index (Phi) is 14.6. The zero-order chi connectivity index (χ0) is 38.4. The van der Waals surface area contributed by atoms with Crippen molar-refractivity contribution in [3.63, 3.8) is 0 Å². The molecule has 0 aliphatic heterocycles. The van der Waals surface area contributed by atoms with Crippen LogP contribution >= 0.6 is 0 Å². The van der Waals surface area contributed by atoms with Crippen LogP contribution in [0.3, 0.4) is 0 Å². The molecule has 0 aromatic heterocycles. The highest BCUT2D eigenvalue weighted by atomic mass is 32.2. The summed E-state index contributed by atoms with van der Waals surface area (Å²) >= 11 is 0. The summed E-state index contributed by atoms with van der Waals surface area (Å²) in [5.74, 6) is -5.17. The van der Waals surface area contributed by atoms with Gasteiger partial charge in [-0.15, -0.1) is 0 Å². The van der Waals surface area contributed by atoms with E-state index in [1.165, 1.54) is 72.8 Å². The molecule has 11 N–H and O–H groups in total. The molecule has 0 radical (unpaired) electrons. The Bertz CT molecular complexity index is 1850. The number of hydrogen-bond acceptors (Lipinski definition) is 12. The number of nitrogens with one attached hydrogen (secondary N) is 4. The fourth-order valence-electron chi connectivity index (χ4n) is 4.63. The van der Waals surface area contributed by atoms with Gasteiger partial charge in [-0.25, -0.2) is 13.6 Å². The van der Waals surface area contributed by atoms with Gasteiger partial charge < -0.3 is 47.2 Å². The number of amides is 5. The highest BCUT2D eigenvalue weighted by Gasteiger charge is 2.31. The topological polar surface area (TPSA) is 302 Å². The first-order valence-electron chi connectivity index (χ1n) is 15.5. The molecule has 0 aliphatic rings. The average Bonchev–Trinajstić information content (AvgIpc) is 3.10. The maximum atomic E-state index is 13.3. The number of nitrogens with zero attached hydrogens (tertiary/aromatic N) is 1. The second-order valence-corrected chi connectivity index (χ2v) is 13.0. The van der Waals surface area contributed by atoms with E-state index in [1.807, 2.05) is 0 Å². The number of rotatable bonds is 18. The molecular weight excluding hydrogens is 702 g/mol. The van der Waals surface area contributed by atoms with Crippen LogP contribution in [0.1, 0.15) is 29.5 Å². The zero-order valence-corrected chi connectivity index (χ0v) is 28.6. The molecule has 4 atom stereocenters. The van der Waals surface area contributed by atoms with Gasteiger partial charge >= 0.3 is 0 Å². The highest BCUT2D eigenvalue weighted by Crippen LogP contribution is 2.22. The lowest BCUT2D eigenvalue weighted by Gasteiger charge is -2.26. The molecule has 0 spiro atoms. The second-order valence-electron chi connectivity index (χ2n) is 11.4. The Morgan fingerprint density at radius 3 is 1.96 bits per heavy atom. The molecule has 0 heterocycles. The quantitative estimate of drug-likeness (QED) is 0.0525. The predicted molar refractivity (Wildman–Crippen MR) is 185 cm³/mol. The first kappa shape index (κ1) is 40.4. The van der Waals surface area contributed by atoms with Crippen molar-refractivity contribution >= 4 is 45.8 Å². The van der Waals surface area contributed by atoms with Gasteiger partial charge in [0.2, 0.25) is 33.7 Å². The number of aromatic hydroxyl groups is 2. The number of hydrogen-bond donors (Lipinski definition) is 9. The van der Waals surface area contributed by atoms with Crippen LogP contribution in [0.2, 0.25) is 0 Å². The first-order valence-corrected chi connectivity index (χ1v) is 17.0. The molecule has 0 saturated heterocycles. The SMILES string of the molecule is CC(c1ccc(O)cc1)[C@H](NC(=O)CNC(=O)[C@H](Cc1ccc(O)cc1)NC(=O)/C=N/OCc1ccc(S(N)(=O)=O)cc1)C(=O)N[C@@H](CO)C(N)=O. The van der Waals surface area contributed by atoms with Crippen molar-refractivity contribution in [3.8, 4) is 11.5 Å². The summed E-state index contributed by atoms with van der Waals surface area (Å²) in [7, 11) is -3.88. The summed E-state index contributed by atoms with van der Waals surface area (Å²) in [4.78, 5) is 68.8. The smallest absolute Gasteiger partial charge is 0.266 e.